The summed E-state index contributed by atoms with van der Waals surface area (Å²) in [6.45, 7) is 0. The highest BCUT2D eigenvalue weighted by molar-refractivity contribution is 5.21. The van der Waals surface area contributed by atoms with Gasteiger partial charge in [0.25, 0.3) is 0 Å². The molecule has 19 heavy (non-hydrogen) atoms. The Morgan fingerprint density at radius 1 is 0.789 bits per heavy atom. The quantitative estimate of drug-likeness (QED) is 0.785. The Morgan fingerprint density at radius 2 is 1.37 bits per heavy atom. The van der Waals surface area contributed by atoms with Crippen LogP contribution in [0.3, 0.4) is 0 Å². The van der Waals surface area contributed by atoms with Crippen molar-refractivity contribution in [2.45, 2.75) is 6.11 Å². The van der Waals surface area contributed by atoms with Gasteiger partial charge in [0.05, 0.1) is 5.56 Å². The van der Waals surface area contributed by atoms with Crippen LogP contribution in [-0.4, -0.2) is 5.11 Å². The second-order valence-electron chi connectivity index (χ2n) is 3.44. The SMILES string of the molecule is Fc1ccccc1.OC(F)(F)c1cccc(F)c1F. The van der Waals surface area contributed by atoms with Gasteiger partial charge < -0.3 is 5.11 Å². The molecule has 1 nitrogen and oxygen atoms in total. The lowest BCUT2D eigenvalue weighted by atomic mass is 10.2. The molecule has 0 spiro atoms. The molecule has 6 heteroatoms. The second kappa shape index (κ2) is 6.29. The van der Waals surface area contributed by atoms with E-state index in [0.29, 0.717) is 12.1 Å². The number of hydrogen-bond donors (Lipinski definition) is 1. The summed E-state index contributed by atoms with van der Waals surface area (Å²) in [6.07, 6.45) is -4.34. The molecule has 2 rings (SSSR count). The van der Waals surface area contributed by atoms with Crippen molar-refractivity contribution in [1.82, 2.24) is 0 Å². The third kappa shape index (κ3) is 4.67. The van der Waals surface area contributed by atoms with Crippen LogP contribution in [0.25, 0.3) is 0 Å². The van der Waals surface area contributed by atoms with E-state index in [1.54, 1.807) is 18.2 Å². The van der Waals surface area contributed by atoms with E-state index in [-0.39, 0.29) is 5.82 Å². The standard InChI is InChI=1S/C7H4F4O.C6H5F/c8-5-3-1-2-4(6(5)9)7(10,11)12;7-6-4-2-1-3-5-6/h1-3,12H;1-5H. The molecule has 0 atom stereocenters. The van der Waals surface area contributed by atoms with Gasteiger partial charge in [-0.15, -0.1) is 0 Å². The molecule has 0 saturated carbocycles. The molecule has 0 aliphatic heterocycles. The van der Waals surface area contributed by atoms with E-state index >= 15 is 0 Å². The molecule has 0 radical (unpaired) electrons. The largest absolute Gasteiger partial charge is 0.383 e. The molecule has 0 bridgehead atoms. The Bertz CT molecular complexity index is 522. The van der Waals surface area contributed by atoms with Gasteiger partial charge in [-0.3, -0.25) is 0 Å². The molecule has 0 aliphatic rings. The van der Waals surface area contributed by atoms with Crippen molar-refractivity contribution in [3.63, 3.8) is 0 Å². The molecular formula is C13H9F5O. The first-order valence-electron chi connectivity index (χ1n) is 5.07. The predicted octanol–water partition coefficient (Wildman–Crippen LogP) is 3.83. The van der Waals surface area contributed by atoms with E-state index in [1.165, 1.54) is 12.1 Å². The maximum absolute atomic E-state index is 12.5. The van der Waals surface area contributed by atoms with E-state index in [9.17, 15) is 22.0 Å². The monoisotopic (exact) mass is 276 g/mol. The van der Waals surface area contributed by atoms with Crippen molar-refractivity contribution in [3.8, 4) is 0 Å². The number of aliphatic hydroxyl groups is 1. The maximum atomic E-state index is 12.5. The minimum atomic E-state index is -4.34. The van der Waals surface area contributed by atoms with Crippen LogP contribution in [0.4, 0.5) is 22.0 Å². The fourth-order valence-corrected chi connectivity index (χ4v) is 1.15. The topological polar surface area (TPSA) is 20.2 Å². The van der Waals surface area contributed by atoms with Crippen LogP contribution >= 0.6 is 0 Å². The Labute approximate surface area is 105 Å². The molecule has 0 saturated heterocycles. The van der Waals surface area contributed by atoms with Gasteiger partial charge >= 0.3 is 6.11 Å². The smallest absolute Gasteiger partial charge is 0.332 e. The van der Waals surface area contributed by atoms with Crippen LogP contribution in [-0.2, 0) is 6.11 Å². The van der Waals surface area contributed by atoms with Gasteiger partial charge in [0.15, 0.2) is 11.6 Å². The molecule has 1 N–H and O–H groups in total. The Kier molecular flexibility index (Phi) is 5.00. The van der Waals surface area contributed by atoms with Crippen molar-refractivity contribution in [3.05, 3.63) is 71.5 Å². The Balaban J connectivity index is 0.000000218. The van der Waals surface area contributed by atoms with Crippen molar-refractivity contribution >= 4 is 0 Å². The molecule has 0 aromatic heterocycles. The zero-order valence-electron chi connectivity index (χ0n) is 9.46. The lowest BCUT2D eigenvalue weighted by Gasteiger charge is -2.09. The van der Waals surface area contributed by atoms with Crippen LogP contribution in [0, 0.1) is 17.5 Å². The zero-order valence-corrected chi connectivity index (χ0v) is 9.46. The molecule has 0 aliphatic carbocycles. The van der Waals surface area contributed by atoms with Crippen molar-refractivity contribution in [2.24, 2.45) is 0 Å². The molecule has 2 aromatic rings. The highest BCUT2D eigenvalue weighted by atomic mass is 19.3. The van der Waals surface area contributed by atoms with Crippen molar-refractivity contribution < 1.29 is 27.1 Å². The highest BCUT2D eigenvalue weighted by Crippen LogP contribution is 2.27. The van der Waals surface area contributed by atoms with Gasteiger partial charge in [0.2, 0.25) is 0 Å². The lowest BCUT2D eigenvalue weighted by molar-refractivity contribution is -0.210. The maximum Gasteiger partial charge on any atom is 0.383 e. The molecule has 102 valence electrons. The number of halogens is 5. The first-order chi connectivity index (χ1) is 8.82. The number of benzene rings is 2. The Hall–Kier alpha value is -1.95. The van der Waals surface area contributed by atoms with Crippen molar-refractivity contribution in [1.29, 1.82) is 0 Å². The van der Waals surface area contributed by atoms with Gasteiger partial charge in [-0.25, -0.2) is 13.2 Å². The highest BCUT2D eigenvalue weighted by Gasteiger charge is 2.32. The summed E-state index contributed by atoms with van der Waals surface area (Å²) in [5.41, 5.74) is -1.36. The number of hydrogen-bond acceptors (Lipinski definition) is 1. The zero-order chi connectivity index (χ0) is 14.5. The summed E-state index contributed by atoms with van der Waals surface area (Å²) in [5, 5.41) is 8.05. The third-order valence-corrected chi connectivity index (χ3v) is 2.01. The van der Waals surface area contributed by atoms with Crippen LogP contribution in [0.15, 0.2) is 48.5 Å². The summed E-state index contributed by atoms with van der Waals surface area (Å²) >= 11 is 0. The number of rotatable bonds is 1. The third-order valence-electron chi connectivity index (χ3n) is 2.01. The van der Waals surface area contributed by atoms with E-state index in [2.05, 4.69) is 0 Å². The summed E-state index contributed by atoms with van der Waals surface area (Å²) in [5.74, 6) is -3.33. The molecule has 0 heterocycles. The molecular weight excluding hydrogens is 267 g/mol. The number of alkyl halides is 2. The van der Waals surface area contributed by atoms with E-state index < -0.39 is 23.3 Å². The van der Waals surface area contributed by atoms with Gasteiger partial charge in [0.1, 0.15) is 5.82 Å². The predicted molar refractivity (Wildman–Crippen MR) is 58.9 cm³/mol. The summed E-state index contributed by atoms with van der Waals surface area (Å²) in [7, 11) is 0. The van der Waals surface area contributed by atoms with Crippen LogP contribution in [0.5, 0.6) is 0 Å². The van der Waals surface area contributed by atoms with Gasteiger partial charge in [-0.2, -0.15) is 8.78 Å². The van der Waals surface area contributed by atoms with E-state index in [1.807, 2.05) is 0 Å². The molecule has 0 unspecified atom stereocenters. The molecule has 2 aromatic carbocycles. The average Bonchev–Trinajstić information content (AvgIpc) is 2.33. The van der Waals surface area contributed by atoms with Crippen LogP contribution in [0.1, 0.15) is 5.56 Å². The van der Waals surface area contributed by atoms with Crippen LogP contribution in [0.2, 0.25) is 0 Å². The Morgan fingerprint density at radius 3 is 1.74 bits per heavy atom. The fraction of sp³-hybridized carbons (Fsp3) is 0.0769. The minimum Gasteiger partial charge on any atom is -0.332 e. The van der Waals surface area contributed by atoms with Crippen molar-refractivity contribution in [2.75, 3.05) is 0 Å². The fourth-order valence-electron chi connectivity index (χ4n) is 1.15. The summed E-state index contributed by atoms with van der Waals surface area (Å²) in [6, 6.07) is 10.1. The first-order valence-corrected chi connectivity index (χ1v) is 5.07. The average molecular weight is 276 g/mol. The van der Waals surface area contributed by atoms with Gasteiger partial charge in [0, 0.05) is 0 Å². The first kappa shape index (κ1) is 15.1. The molecule has 0 amide bonds. The van der Waals surface area contributed by atoms with E-state index in [4.69, 9.17) is 5.11 Å². The van der Waals surface area contributed by atoms with Crippen LogP contribution < -0.4 is 0 Å². The minimum absolute atomic E-state index is 0.178. The summed E-state index contributed by atoms with van der Waals surface area (Å²) < 4.78 is 60.8. The normalized spacial score (nSPS) is 10.6. The molecule has 0 fully saturated rings. The van der Waals surface area contributed by atoms with E-state index in [0.717, 1.165) is 6.07 Å². The lowest BCUT2D eigenvalue weighted by Crippen LogP contribution is -2.14. The van der Waals surface area contributed by atoms with Gasteiger partial charge in [-0.1, -0.05) is 24.3 Å². The van der Waals surface area contributed by atoms with Gasteiger partial charge in [-0.05, 0) is 24.3 Å². The second-order valence-corrected chi connectivity index (χ2v) is 3.44. The summed E-state index contributed by atoms with van der Waals surface area (Å²) in [4.78, 5) is 0.